The molecule has 110 valence electrons. The first-order valence-corrected chi connectivity index (χ1v) is 7.99. The van der Waals surface area contributed by atoms with Gasteiger partial charge in [-0.25, -0.2) is 0 Å². The van der Waals surface area contributed by atoms with E-state index in [-0.39, 0.29) is 0 Å². The topological polar surface area (TPSA) is 24.5 Å². The van der Waals surface area contributed by atoms with Crippen LogP contribution in [0.5, 0.6) is 5.75 Å². The number of hydrogen-bond donors (Lipinski definition) is 1. The molecule has 2 heterocycles. The minimum atomic E-state index is 0.587. The van der Waals surface area contributed by atoms with Crippen molar-refractivity contribution in [3.63, 3.8) is 0 Å². The molecule has 0 spiro atoms. The summed E-state index contributed by atoms with van der Waals surface area (Å²) in [5.74, 6) is 1.03. The monoisotopic (exact) mass is 274 g/mol. The summed E-state index contributed by atoms with van der Waals surface area (Å²) >= 11 is 0. The normalized spacial score (nSPS) is 22.6. The summed E-state index contributed by atoms with van der Waals surface area (Å²) in [6, 6.07) is 7.70. The van der Waals surface area contributed by atoms with Gasteiger partial charge in [-0.05, 0) is 69.8 Å². The molecule has 3 heteroatoms. The lowest BCUT2D eigenvalue weighted by Crippen LogP contribution is -2.39. The molecule has 20 heavy (non-hydrogen) atoms. The highest BCUT2D eigenvalue weighted by molar-refractivity contribution is 5.55. The smallest absolute Gasteiger partial charge is 0.119 e. The van der Waals surface area contributed by atoms with E-state index in [0.717, 1.165) is 18.9 Å². The Hall–Kier alpha value is -1.22. The van der Waals surface area contributed by atoms with Gasteiger partial charge in [-0.3, -0.25) is 4.90 Å². The SMILES string of the molecule is CC(C)N1CCCC1COc1ccc2c(c1)CCCN2. The van der Waals surface area contributed by atoms with Gasteiger partial charge in [0.25, 0.3) is 0 Å². The van der Waals surface area contributed by atoms with Crippen LogP contribution in [0, 0.1) is 0 Å². The summed E-state index contributed by atoms with van der Waals surface area (Å²) in [5, 5.41) is 3.45. The molecule has 0 aromatic heterocycles. The Balaban J connectivity index is 1.61. The Bertz CT molecular complexity index is 458. The van der Waals surface area contributed by atoms with Gasteiger partial charge in [-0.15, -0.1) is 0 Å². The molecule has 0 aliphatic carbocycles. The van der Waals surface area contributed by atoms with Crippen molar-refractivity contribution in [2.75, 3.05) is 25.0 Å². The molecular weight excluding hydrogens is 248 g/mol. The zero-order chi connectivity index (χ0) is 13.9. The molecule has 1 saturated heterocycles. The van der Waals surface area contributed by atoms with E-state index >= 15 is 0 Å². The van der Waals surface area contributed by atoms with Gasteiger partial charge in [0.2, 0.25) is 0 Å². The highest BCUT2D eigenvalue weighted by Gasteiger charge is 2.26. The summed E-state index contributed by atoms with van der Waals surface area (Å²) in [7, 11) is 0. The number of rotatable bonds is 4. The van der Waals surface area contributed by atoms with Crippen molar-refractivity contribution in [1.29, 1.82) is 0 Å². The van der Waals surface area contributed by atoms with Crippen molar-refractivity contribution >= 4 is 5.69 Å². The highest BCUT2D eigenvalue weighted by Crippen LogP contribution is 2.27. The Morgan fingerprint density at radius 1 is 1.35 bits per heavy atom. The van der Waals surface area contributed by atoms with Crippen LogP contribution in [0.15, 0.2) is 18.2 Å². The van der Waals surface area contributed by atoms with Gasteiger partial charge in [0.05, 0.1) is 0 Å². The van der Waals surface area contributed by atoms with Crippen molar-refractivity contribution < 1.29 is 4.74 Å². The van der Waals surface area contributed by atoms with Gasteiger partial charge in [0.1, 0.15) is 12.4 Å². The number of fused-ring (bicyclic) bond motifs is 1. The van der Waals surface area contributed by atoms with E-state index in [2.05, 4.69) is 42.3 Å². The van der Waals surface area contributed by atoms with Crippen molar-refractivity contribution in [2.45, 2.75) is 51.6 Å². The molecule has 1 atom stereocenters. The first kappa shape index (κ1) is 13.7. The molecule has 1 fully saturated rings. The van der Waals surface area contributed by atoms with Crippen LogP contribution in [-0.2, 0) is 6.42 Å². The molecule has 1 N–H and O–H groups in total. The third-order valence-electron chi connectivity index (χ3n) is 4.54. The number of benzene rings is 1. The summed E-state index contributed by atoms with van der Waals surface area (Å²) < 4.78 is 6.07. The molecule has 0 saturated carbocycles. The van der Waals surface area contributed by atoms with E-state index in [4.69, 9.17) is 4.74 Å². The van der Waals surface area contributed by atoms with Crippen molar-refractivity contribution in [2.24, 2.45) is 0 Å². The number of likely N-dealkylation sites (tertiary alicyclic amines) is 1. The van der Waals surface area contributed by atoms with E-state index in [9.17, 15) is 0 Å². The maximum Gasteiger partial charge on any atom is 0.119 e. The van der Waals surface area contributed by atoms with Crippen LogP contribution in [0.2, 0.25) is 0 Å². The van der Waals surface area contributed by atoms with E-state index in [1.807, 2.05) is 0 Å². The fraction of sp³-hybridized carbons (Fsp3) is 0.647. The predicted octanol–water partition coefficient (Wildman–Crippen LogP) is 3.30. The van der Waals surface area contributed by atoms with Gasteiger partial charge in [0.15, 0.2) is 0 Å². The number of nitrogens with one attached hydrogen (secondary N) is 1. The number of hydrogen-bond acceptors (Lipinski definition) is 3. The van der Waals surface area contributed by atoms with Crippen molar-refractivity contribution in [1.82, 2.24) is 4.90 Å². The zero-order valence-electron chi connectivity index (χ0n) is 12.7. The fourth-order valence-corrected chi connectivity index (χ4v) is 3.45. The van der Waals surface area contributed by atoms with Crippen molar-refractivity contribution in [3.05, 3.63) is 23.8 Å². The van der Waals surface area contributed by atoms with Crippen LogP contribution < -0.4 is 10.1 Å². The third-order valence-corrected chi connectivity index (χ3v) is 4.54. The van der Waals surface area contributed by atoms with E-state index in [0.29, 0.717) is 12.1 Å². The maximum atomic E-state index is 6.07. The van der Waals surface area contributed by atoms with Crippen molar-refractivity contribution in [3.8, 4) is 5.75 Å². The highest BCUT2D eigenvalue weighted by atomic mass is 16.5. The van der Waals surface area contributed by atoms with Gasteiger partial charge in [0, 0.05) is 24.3 Å². The molecule has 2 aliphatic heterocycles. The molecule has 0 bridgehead atoms. The van der Waals surface area contributed by atoms with E-state index in [1.54, 1.807) is 0 Å². The van der Waals surface area contributed by atoms with Crippen LogP contribution in [0.1, 0.15) is 38.7 Å². The molecule has 1 aromatic rings. The summed E-state index contributed by atoms with van der Waals surface area (Å²) in [6.07, 6.45) is 4.96. The molecule has 3 rings (SSSR count). The molecule has 2 aliphatic rings. The first-order valence-electron chi connectivity index (χ1n) is 7.99. The van der Waals surface area contributed by atoms with Gasteiger partial charge < -0.3 is 10.1 Å². The Kier molecular flexibility index (Phi) is 4.16. The summed E-state index contributed by atoms with van der Waals surface area (Å²) in [4.78, 5) is 2.57. The second-order valence-corrected chi connectivity index (χ2v) is 6.29. The Morgan fingerprint density at radius 3 is 3.10 bits per heavy atom. The Labute approximate surface area is 122 Å². The second kappa shape index (κ2) is 6.04. The quantitative estimate of drug-likeness (QED) is 0.911. The number of aryl methyl sites for hydroxylation is 1. The largest absolute Gasteiger partial charge is 0.492 e. The third kappa shape index (κ3) is 2.93. The molecule has 0 amide bonds. The number of nitrogens with zero attached hydrogens (tertiary/aromatic N) is 1. The fourth-order valence-electron chi connectivity index (χ4n) is 3.45. The average Bonchev–Trinajstić information content (AvgIpc) is 2.93. The summed E-state index contributed by atoms with van der Waals surface area (Å²) in [5.41, 5.74) is 2.69. The van der Waals surface area contributed by atoms with E-state index in [1.165, 1.54) is 43.5 Å². The van der Waals surface area contributed by atoms with Gasteiger partial charge in [-0.1, -0.05) is 0 Å². The van der Waals surface area contributed by atoms with Gasteiger partial charge >= 0.3 is 0 Å². The maximum absolute atomic E-state index is 6.07. The molecular formula is C17H26N2O. The average molecular weight is 274 g/mol. The number of ether oxygens (including phenoxy) is 1. The molecule has 0 radical (unpaired) electrons. The lowest BCUT2D eigenvalue weighted by atomic mass is 10.0. The first-order chi connectivity index (χ1) is 9.74. The molecule has 3 nitrogen and oxygen atoms in total. The van der Waals surface area contributed by atoms with Crippen LogP contribution in [0.3, 0.4) is 0 Å². The molecule has 1 unspecified atom stereocenters. The van der Waals surface area contributed by atoms with Crippen LogP contribution in [0.25, 0.3) is 0 Å². The second-order valence-electron chi connectivity index (χ2n) is 6.29. The van der Waals surface area contributed by atoms with Gasteiger partial charge in [-0.2, -0.15) is 0 Å². The lowest BCUT2D eigenvalue weighted by Gasteiger charge is -2.28. The minimum absolute atomic E-state index is 0.587. The lowest BCUT2D eigenvalue weighted by molar-refractivity contribution is 0.144. The predicted molar refractivity (Wildman–Crippen MR) is 83.6 cm³/mol. The van der Waals surface area contributed by atoms with E-state index < -0.39 is 0 Å². The van der Waals surface area contributed by atoms with Crippen LogP contribution in [-0.4, -0.2) is 36.7 Å². The van der Waals surface area contributed by atoms with Crippen LogP contribution in [0.4, 0.5) is 5.69 Å². The standard InChI is InChI=1S/C17H26N2O/c1-13(2)19-10-4-6-15(19)12-20-16-7-8-17-14(11-16)5-3-9-18-17/h7-8,11,13,15,18H,3-6,9-10,12H2,1-2H3. The Morgan fingerprint density at radius 2 is 2.25 bits per heavy atom. The molecule has 1 aromatic carbocycles. The van der Waals surface area contributed by atoms with Crippen LogP contribution >= 0.6 is 0 Å². The minimum Gasteiger partial charge on any atom is -0.492 e. The summed E-state index contributed by atoms with van der Waals surface area (Å²) in [6.45, 7) is 7.70. The zero-order valence-corrected chi connectivity index (χ0v) is 12.7. The number of anilines is 1.